The Morgan fingerprint density at radius 3 is 3.00 bits per heavy atom. The van der Waals surface area contributed by atoms with Gasteiger partial charge in [0, 0.05) is 30.6 Å². The molecule has 0 unspecified atom stereocenters. The van der Waals surface area contributed by atoms with Crippen LogP contribution in [-0.2, 0) is 6.54 Å². The molecule has 1 N–H and O–H groups in total. The minimum absolute atomic E-state index is 0.127. The summed E-state index contributed by atoms with van der Waals surface area (Å²) in [6, 6.07) is 5.89. The fourth-order valence-corrected chi connectivity index (χ4v) is 1.96. The second-order valence-corrected chi connectivity index (χ2v) is 4.51. The summed E-state index contributed by atoms with van der Waals surface area (Å²) in [5, 5.41) is 7.10. The Balaban J connectivity index is 1.81. The zero-order valence-electron chi connectivity index (χ0n) is 10.8. The van der Waals surface area contributed by atoms with E-state index in [0.29, 0.717) is 6.54 Å². The number of halogens is 2. The second kappa shape index (κ2) is 4.88. The summed E-state index contributed by atoms with van der Waals surface area (Å²) in [5.41, 5.74) is 2.58. The van der Waals surface area contributed by atoms with Gasteiger partial charge >= 0.3 is 0 Å². The molecule has 0 fully saturated rings. The number of anilines is 1. The highest BCUT2D eigenvalue weighted by Crippen LogP contribution is 2.17. The molecule has 0 aliphatic rings. The number of rotatable bonds is 3. The molecule has 0 saturated carbocycles. The Kier molecular flexibility index (Phi) is 3.06. The highest BCUT2D eigenvalue weighted by atomic mass is 19.2. The van der Waals surface area contributed by atoms with Gasteiger partial charge in [-0.3, -0.25) is 0 Å². The molecule has 2 aromatic heterocycles. The number of nitrogens with one attached hydrogen (secondary N) is 1. The van der Waals surface area contributed by atoms with E-state index in [-0.39, 0.29) is 5.69 Å². The third kappa shape index (κ3) is 2.32. The summed E-state index contributed by atoms with van der Waals surface area (Å²) < 4.78 is 28.2. The van der Waals surface area contributed by atoms with Crippen molar-refractivity contribution in [1.82, 2.24) is 14.6 Å². The van der Waals surface area contributed by atoms with Crippen LogP contribution in [-0.4, -0.2) is 14.6 Å². The van der Waals surface area contributed by atoms with Crippen LogP contribution in [0.4, 0.5) is 14.5 Å². The Morgan fingerprint density at radius 2 is 2.15 bits per heavy atom. The van der Waals surface area contributed by atoms with Crippen LogP contribution in [0.1, 0.15) is 11.3 Å². The zero-order valence-corrected chi connectivity index (χ0v) is 10.8. The van der Waals surface area contributed by atoms with Gasteiger partial charge in [0.25, 0.3) is 0 Å². The standard InChI is InChI=1S/C14H12F2N4/c1-9-5-13-18-7-10(8-20(13)19-9)6-17-12-4-2-3-11(15)14(12)16/h2-5,7-8,17H,6H2,1H3. The number of nitrogens with zero attached hydrogens (tertiary/aromatic N) is 3. The quantitative estimate of drug-likeness (QED) is 0.798. The number of benzene rings is 1. The highest BCUT2D eigenvalue weighted by molar-refractivity contribution is 5.46. The van der Waals surface area contributed by atoms with E-state index in [1.54, 1.807) is 16.9 Å². The maximum Gasteiger partial charge on any atom is 0.181 e. The first-order chi connectivity index (χ1) is 9.63. The molecule has 6 heteroatoms. The molecular weight excluding hydrogens is 262 g/mol. The molecule has 20 heavy (non-hydrogen) atoms. The molecule has 0 radical (unpaired) electrons. The van der Waals surface area contributed by atoms with Gasteiger partial charge in [-0.05, 0) is 19.1 Å². The molecule has 3 rings (SSSR count). The number of hydrogen-bond acceptors (Lipinski definition) is 3. The summed E-state index contributed by atoms with van der Waals surface area (Å²) in [7, 11) is 0. The maximum atomic E-state index is 13.5. The normalized spacial score (nSPS) is 10.9. The van der Waals surface area contributed by atoms with Gasteiger partial charge in [-0.2, -0.15) is 5.10 Å². The smallest absolute Gasteiger partial charge is 0.181 e. The van der Waals surface area contributed by atoms with E-state index in [4.69, 9.17) is 0 Å². The maximum absolute atomic E-state index is 13.5. The molecule has 0 atom stereocenters. The molecule has 102 valence electrons. The highest BCUT2D eigenvalue weighted by Gasteiger charge is 2.07. The van der Waals surface area contributed by atoms with Gasteiger partial charge in [0.05, 0.1) is 11.4 Å². The largest absolute Gasteiger partial charge is 0.378 e. The van der Waals surface area contributed by atoms with Gasteiger partial charge in [-0.15, -0.1) is 0 Å². The summed E-state index contributed by atoms with van der Waals surface area (Å²) in [4.78, 5) is 4.25. The number of aromatic nitrogens is 3. The van der Waals surface area contributed by atoms with Crippen molar-refractivity contribution in [2.45, 2.75) is 13.5 Å². The first-order valence-corrected chi connectivity index (χ1v) is 6.12. The average molecular weight is 274 g/mol. The molecule has 0 spiro atoms. The molecule has 2 heterocycles. The Hall–Kier alpha value is -2.50. The lowest BCUT2D eigenvalue weighted by Gasteiger charge is -2.07. The molecular formula is C14H12F2N4. The fraction of sp³-hybridized carbons (Fsp3) is 0.143. The lowest BCUT2D eigenvalue weighted by Crippen LogP contribution is -2.04. The lowest BCUT2D eigenvalue weighted by atomic mass is 10.2. The SMILES string of the molecule is Cc1cc2ncc(CNc3cccc(F)c3F)cn2n1. The van der Waals surface area contributed by atoms with Gasteiger partial charge in [-0.25, -0.2) is 18.3 Å². The van der Waals surface area contributed by atoms with E-state index < -0.39 is 11.6 Å². The van der Waals surface area contributed by atoms with Crippen molar-refractivity contribution in [2.24, 2.45) is 0 Å². The molecule has 0 aliphatic heterocycles. The third-order valence-corrected chi connectivity index (χ3v) is 2.92. The molecule has 0 saturated heterocycles. The summed E-state index contributed by atoms with van der Waals surface area (Å²) in [6.07, 6.45) is 3.49. The van der Waals surface area contributed by atoms with E-state index in [1.165, 1.54) is 12.1 Å². The molecule has 4 nitrogen and oxygen atoms in total. The van der Waals surface area contributed by atoms with E-state index in [1.807, 2.05) is 13.0 Å². The van der Waals surface area contributed by atoms with Crippen molar-refractivity contribution in [3.8, 4) is 0 Å². The van der Waals surface area contributed by atoms with E-state index in [0.717, 1.165) is 23.0 Å². The van der Waals surface area contributed by atoms with Gasteiger partial charge in [0.1, 0.15) is 0 Å². The van der Waals surface area contributed by atoms with Crippen LogP contribution < -0.4 is 5.32 Å². The fourth-order valence-electron chi connectivity index (χ4n) is 1.96. The van der Waals surface area contributed by atoms with Crippen molar-refractivity contribution in [3.05, 3.63) is 59.6 Å². The molecule has 0 aliphatic carbocycles. The summed E-state index contributed by atoms with van der Waals surface area (Å²) >= 11 is 0. The van der Waals surface area contributed by atoms with E-state index in [2.05, 4.69) is 15.4 Å². The number of aryl methyl sites for hydroxylation is 1. The van der Waals surface area contributed by atoms with E-state index >= 15 is 0 Å². The van der Waals surface area contributed by atoms with Crippen LogP contribution in [0.15, 0.2) is 36.7 Å². The molecule has 3 aromatic rings. The van der Waals surface area contributed by atoms with Crippen molar-refractivity contribution in [1.29, 1.82) is 0 Å². The van der Waals surface area contributed by atoms with Gasteiger partial charge < -0.3 is 5.32 Å². The second-order valence-electron chi connectivity index (χ2n) is 4.51. The first-order valence-electron chi connectivity index (χ1n) is 6.12. The van der Waals surface area contributed by atoms with Crippen LogP contribution in [0, 0.1) is 18.6 Å². The van der Waals surface area contributed by atoms with Crippen molar-refractivity contribution in [2.75, 3.05) is 5.32 Å². The van der Waals surface area contributed by atoms with Crippen molar-refractivity contribution < 1.29 is 8.78 Å². The van der Waals surface area contributed by atoms with Gasteiger partial charge in [0.2, 0.25) is 0 Å². The van der Waals surface area contributed by atoms with E-state index in [9.17, 15) is 8.78 Å². The molecule has 0 bridgehead atoms. The van der Waals surface area contributed by atoms with Crippen LogP contribution in [0.3, 0.4) is 0 Å². The topological polar surface area (TPSA) is 42.2 Å². The van der Waals surface area contributed by atoms with Crippen LogP contribution in [0.2, 0.25) is 0 Å². The predicted octanol–water partition coefficient (Wildman–Crippen LogP) is 2.93. The Morgan fingerprint density at radius 1 is 1.30 bits per heavy atom. The van der Waals surface area contributed by atoms with Gasteiger partial charge in [0.15, 0.2) is 17.3 Å². The molecule has 0 amide bonds. The summed E-state index contributed by atoms with van der Waals surface area (Å²) in [5.74, 6) is -1.75. The first kappa shape index (κ1) is 12.5. The van der Waals surface area contributed by atoms with Crippen LogP contribution in [0.25, 0.3) is 5.65 Å². The average Bonchev–Trinajstić information content (AvgIpc) is 2.79. The molecule has 1 aromatic carbocycles. The van der Waals surface area contributed by atoms with Crippen LogP contribution >= 0.6 is 0 Å². The lowest BCUT2D eigenvalue weighted by molar-refractivity contribution is 0.511. The number of fused-ring (bicyclic) bond motifs is 1. The summed E-state index contributed by atoms with van der Waals surface area (Å²) in [6.45, 7) is 2.22. The number of hydrogen-bond donors (Lipinski definition) is 1. The minimum Gasteiger partial charge on any atom is -0.378 e. The van der Waals surface area contributed by atoms with Crippen molar-refractivity contribution >= 4 is 11.3 Å². The monoisotopic (exact) mass is 274 g/mol. The van der Waals surface area contributed by atoms with Gasteiger partial charge in [-0.1, -0.05) is 6.07 Å². The Bertz CT molecular complexity index is 767. The van der Waals surface area contributed by atoms with Crippen molar-refractivity contribution in [3.63, 3.8) is 0 Å². The third-order valence-electron chi connectivity index (χ3n) is 2.92. The Labute approximate surface area is 114 Å². The van der Waals surface area contributed by atoms with Crippen LogP contribution in [0.5, 0.6) is 0 Å². The zero-order chi connectivity index (χ0) is 14.1. The minimum atomic E-state index is -0.878. The predicted molar refractivity (Wildman–Crippen MR) is 71.4 cm³/mol.